The summed E-state index contributed by atoms with van der Waals surface area (Å²) in [5.74, 6) is 1.60. The second-order valence-electron chi connectivity index (χ2n) is 8.08. The Morgan fingerprint density at radius 2 is 1.82 bits per heavy atom. The highest BCUT2D eigenvalue weighted by atomic mass is 16.5. The lowest BCUT2D eigenvalue weighted by molar-refractivity contribution is -0.136. The first kappa shape index (κ1) is 18.9. The zero-order chi connectivity index (χ0) is 19.7. The minimum absolute atomic E-state index is 0.101. The fourth-order valence-corrected chi connectivity index (χ4v) is 4.14. The highest BCUT2D eigenvalue weighted by Crippen LogP contribution is 2.28. The predicted molar refractivity (Wildman–Crippen MR) is 108 cm³/mol. The number of carbonyl (C=O) groups is 1. The molecule has 0 saturated carbocycles. The number of nitrogens with zero attached hydrogens (tertiary/aromatic N) is 5. The molecule has 0 bridgehead atoms. The number of hydrogen-bond acceptors (Lipinski definition) is 6. The van der Waals surface area contributed by atoms with Gasteiger partial charge in [0.25, 0.3) is 5.89 Å². The van der Waals surface area contributed by atoms with Gasteiger partial charge in [-0.2, -0.15) is 4.98 Å². The van der Waals surface area contributed by atoms with Gasteiger partial charge in [-0.05, 0) is 51.5 Å². The van der Waals surface area contributed by atoms with Gasteiger partial charge in [0.15, 0.2) is 5.82 Å². The summed E-state index contributed by atoms with van der Waals surface area (Å²) in [4.78, 5) is 24.0. The fraction of sp³-hybridized carbons (Fsp3) is 0.571. The van der Waals surface area contributed by atoms with Gasteiger partial charge in [0.2, 0.25) is 5.91 Å². The first-order chi connectivity index (χ1) is 13.5. The van der Waals surface area contributed by atoms with E-state index in [2.05, 4.69) is 50.8 Å². The maximum atomic E-state index is 12.9. The number of benzene rings is 1. The van der Waals surface area contributed by atoms with E-state index in [0.29, 0.717) is 23.7 Å². The van der Waals surface area contributed by atoms with Crippen molar-refractivity contribution in [1.29, 1.82) is 0 Å². The van der Waals surface area contributed by atoms with Crippen LogP contribution in [0.1, 0.15) is 26.1 Å². The van der Waals surface area contributed by atoms with E-state index in [-0.39, 0.29) is 5.92 Å². The Morgan fingerprint density at radius 1 is 1.11 bits per heavy atom. The van der Waals surface area contributed by atoms with Gasteiger partial charge >= 0.3 is 0 Å². The Hall–Kier alpha value is -2.41. The molecule has 1 amide bonds. The molecule has 3 heterocycles. The summed E-state index contributed by atoms with van der Waals surface area (Å²) in [7, 11) is 0. The normalized spacial score (nSPS) is 20.9. The predicted octanol–water partition coefficient (Wildman–Crippen LogP) is 2.42. The number of piperazine rings is 1. The third kappa shape index (κ3) is 3.90. The average molecular weight is 383 g/mol. The molecule has 150 valence electrons. The average Bonchev–Trinajstić information content (AvgIpc) is 3.37. The number of aryl methyl sites for hydroxylation is 1. The standard InChI is InChI=1S/C21H29N5O2/c1-15(2)24-10-12-25(13-11-24)21(27)18-8-9-26(14-18)19-6-4-17(5-7-19)20-22-16(3)23-28-20/h4-7,15,18H,8-14H2,1-3H3. The fourth-order valence-electron chi connectivity index (χ4n) is 4.14. The molecule has 0 aliphatic carbocycles. The van der Waals surface area contributed by atoms with Crippen LogP contribution in [0.15, 0.2) is 28.8 Å². The molecule has 1 unspecified atom stereocenters. The summed E-state index contributed by atoms with van der Waals surface area (Å²) in [5, 5.41) is 3.84. The zero-order valence-corrected chi connectivity index (χ0v) is 17.0. The van der Waals surface area contributed by atoms with Crippen LogP contribution in [-0.4, -0.2) is 71.2 Å². The van der Waals surface area contributed by atoms with Crippen LogP contribution in [0.2, 0.25) is 0 Å². The quantitative estimate of drug-likeness (QED) is 0.808. The van der Waals surface area contributed by atoms with E-state index in [9.17, 15) is 4.79 Å². The van der Waals surface area contributed by atoms with Crippen LogP contribution >= 0.6 is 0 Å². The molecule has 1 atom stereocenters. The largest absolute Gasteiger partial charge is 0.371 e. The number of carbonyl (C=O) groups excluding carboxylic acids is 1. The summed E-state index contributed by atoms with van der Waals surface area (Å²) < 4.78 is 5.23. The number of hydrogen-bond donors (Lipinski definition) is 0. The molecule has 2 aliphatic rings. The first-order valence-electron chi connectivity index (χ1n) is 10.2. The van der Waals surface area contributed by atoms with E-state index in [0.717, 1.165) is 56.9 Å². The Bertz CT molecular complexity index is 808. The third-order valence-electron chi connectivity index (χ3n) is 5.90. The van der Waals surface area contributed by atoms with Crippen molar-refractivity contribution >= 4 is 11.6 Å². The molecule has 0 radical (unpaired) electrons. The van der Waals surface area contributed by atoms with Crippen molar-refractivity contribution in [2.24, 2.45) is 5.92 Å². The minimum atomic E-state index is 0.101. The van der Waals surface area contributed by atoms with Gasteiger partial charge in [0, 0.05) is 56.6 Å². The molecular formula is C21H29N5O2. The van der Waals surface area contributed by atoms with Crippen LogP contribution in [0.4, 0.5) is 5.69 Å². The lowest BCUT2D eigenvalue weighted by Gasteiger charge is -2.37. The maximum Gasteiger partial charge on any atom is 0.257 e. The van der Waals surface area contributed by atoms with Gasteiger partial charge in [0.05, 0.1) is 5.92 Å². The molecule has 7 heteroatoms. The second-order valence-corrected chi connectivity index (χ2v) is 8.08. The lowest BCUT2D eigenvalue weighted by Crippen LogP contribution is -2.52. The van der Waals surface area contributed by atoms with Crippen LogP contribution < -0.4 is 4.90 Å². The van der Waals surface area contributed by atoms with Gasteiger partial charge in [-0.15, -0.1) is 0 Å². The van der Waals surface area contributed by atoms with Crippen LogP contribution in [0, 0.1) is 12.8 Å². The second kappa shape index (κ2) is 7.91. The smallest absolute Gasteiger partial charge is 0.257 e. The molecule has 4 rings (SSSR count). The molecule has 2 saturated heterocycles. The Labute approximate surface area is 166 Å². The molecular weight excluding hydrogens is 354 g/mol. The van der Waals surface area contributed by atoms with E-state index < -0.39 is 0 Å². The molecule has 1 aromatic heterocycles. The lowest BCUT2D eigenvalue weighted by atomic mass is 10.1. The summed E-state index contributed by atoms with van der Waals surface area (Å²) in [6.45, 7) is 11.6. The SMILES string of the molecule is Cc1noc(-c2ccc(N3CCC(C(=O)N4CCN(C(C)C)CC4)C3)cc2)n1. The van der Waals surface area contributed by atoms with Crippen LogP contribution in [0.5, 0.6) is 0 Å². The Balaban J connectivity index is 1.34. The van der Waals surface area contributed by atoms with Crippen molar-refractivity contribution in [3.05, 3.63) is 30.1 Å². The highest BCUT2D eigenvalue weighted by Gasteiger charge is 2.33. The summed E-state index contributed by atoms with van der Waals surface area (Å²) >= 11 is 0. The monoisotopic (exact) mass is 383 g/mol. The number of anilines is 1. The molecule has 0 N–H and O–H groups in total. The van der Waals surface area contributed by atoms with Gasteiger partial charge < -0.3 is 14.3 Å². The van der Waals surface area contributed by atoms with Gasteiger partial charge in [-0.25, -0.2) is 0 Å². The molecule has 2 aromatic rings. The number of rotatable bonds is 4. The molecule has 7 nitrogen and oxygen atoms in total. The van der Waals surface area contributed by atoms with Gasteiger partial charge in [-0.3, -0.25) is 9.69 Å². The molecule has 2 aliphatic heterocycles. The highest BCUT2D eigenvalue weighted by molar-refractivity contribution is 5.80. The van der Waals surface area contributed by atoms with E-state index in [4.69, 9.17) is 4.52 Å². The van der Waals surface area contributed by atoms with Crippen molar-refractivity contribution < 1.29 is 9.32 Å². The zero-order valence-electron chi connectivity index (χ0n) is 17.0. The van der Waals surface area contributed by atoms with Gasteiger partial charge in [-0.1, -0.05) is 5.16 Å². The van der Waals surface area contributed by atoms with E-state index >= 15 is 0 Å². The van der Waals surface area contributed by atoms with Crippen molar-refractivity contribution in [2.45, 2.75) is 33.2 Å². The summed E-state index contributed by atoms with van der Waals surface area (Å²) in [5.41, 5.74) is 2.05. The number of amides is 1. The van der Waals surface area contributed by atoms with E-state index in [1.807, 2.05) is 19.1 Å². The Kier molecular flexibility index (Phi) is 5.35. The van der Waals surface area contributed by atoms with Crippen molar-refractivity contribution in [2.75, 3.05) is 44.2 Å². The van der Waals surface area contributed by atoms with Crippen LogP contribution in [-0.2, 0) is 4.79 Å². The molecule has 2 fully saturated rings. The molecule has 1 aromatic carbocycles. The Morgan fingerprint density at radius 3 is 2.43 bits per heavy atom. The van der Waals surface area contributed by atoms with Crippen LogP contribution in [0.3, 0.4) is 0 Å². The molecule has 0 spiro atoms. The van der Waals surface area contributed by atoms with Gasteiger partial charge in [0.1, 0.15) is 0 Å². The summed E-state index contributed by atoms with van der Waals surface area (Å²) in [6, 6.07) is 8.70. The topological polar surface area (TPSA) is 65.7 Å². The first-order valence-corrected chi connectivity index (χ1v) is 10.2. The van der Waals surface area contributed by atoms with Crippen molar-refractivity contribution in [3.63, 3.8) is 0 Å². The van der Waals surface area contributed by atoms with Crippen molar-refractivity contribution in [1.82, 2.24) is 19.9 Å². The third-order valence-corrected chi connectivity index (χ3v) is 5.90. The minimum Gasteiger partial charge on any atom is -0.371 e. The number of aromatic nitrogens is 2. The van der Waals surface area contributed by atoms with Crippen LogP contribution in [0.25, 0.3) is 11.5 Å². The van der Waals surface area contributed by atoms with Crippen molar-refractivity contribution in [3.8, 4) is 11.5 Å². The molecule has 28 heavy (non-hydrogen) atoms. The maximum absolute atomic E-state index is 12.9. The summed E-state index contributed by atoms with van der Waals surface area (Å²) in [6.07, 6.45) is 0.924. The van der Waals surface area contributed by atoms with E-state index in [1.165, 1.54) is 0 Å². The van der Waals surface area contributed by atoms with E-state index in [1.54, 1.807) is 0 Å².